The van der Waals surface area contributed by atoms with E-state index in [2.05, 4.69) is 5.32 Å². The van der Waals surface area contributed by atoms with Gasteiger partial charge in [0.25, 0.3) is 5.91 Å². The van der Waals surface area contributed by atoms with E-state index in [0.29, 0.717) is 0 Å². The minimum atomic E-state index is -1.26. The molecule has 0 spiro atoms. The number of amides is 1. The summed E-state index contributed by atoms with van der Waals surface area (Å²) in [5, 5.41) is 13.1. The van der Waals surface area contributed by atoms with Crippen LogP contribution in [-0.2, 0) is 9.53 Å². The van der Waals surface area contributed by atoms with Crippen molar-refractivity contribution in [3.05, 3.63) is 57.9 Å². The van der Waals surface area contributed by atoms with Crippen molar-refractivity contribution in [1.82, 2.24) is 0 Å². The normalized spacial score (nSPS) is 11.3. The molecule has 0 aliphatic carbocycles. The lowest BCUT2D eigenvalue weighted by atomic mass is 10.1. The minimum Gasteiger partial charge on any atom is -0.496 e. The molecule has 0 aliphatic heterocycles. The quantitative estimate of drug-likeness (QED) is 0.437. The molecule has 148 valence electrons. The zero-order valence-electron chi connectivity index (χ0n) is 15.2. The van der Waals surface area contributed by atoms with Crippen LogP contribution in [0.25, 0.3) is 0 Å². The van der Waals surface area contributed by atoms with Crippen molar-refractivity contribution in [2.24, 2.45) is 0 Å². The van der Waals surface area contributed by atoms with E-state index in [1.165, 1.54) is 33.3 Å². The van der Waals surface area contributed by atoms with Gasteiger partial charge in [-0.25, -0.2) is 4.79 Å². The van der Waals surface area contributed by atoms with E-state index < -0.39 is 34.4 Å². The summed E-state index contributed by atoms with van der Waals surface area (Å²) in [6.45, 7) is 1.31. The van der Waals surface area contributed by atoms with Crippen molar-refractivity contribution in [3.63, 3.8) is 0 Å². The Morgan fingerprint density at radius 1 is 1.14 bits per heavy atom. The Labute approximate surface area is 159 Å². The Kier molecular flexibility index (Phi) is 6.48. The number of ether oxygens (including phenoxy) is 3. The number of anilines is 1. The number of hydrogen-bond donors (Lipinski definition) is 1. The first-order valence-electron chi connectivity index (χ1n) is 7.95. The van der Waals surface area contributed by atoms with Crippen LogP contribution in [0, 0.1) is 15.9 Å². The third-order valence-corrected chi connectivity index (χ3v) is 3.70. The van der Waals surface area contributed by atoms with Gasteiger partial charge in [-0.15, -0.1) is 0 Å². The van der Waals surface area contributed by atoms with Crippen molar-refractivity contribution in [2.75, 3.05) is 19.5 Å². The number of nitrogens with one attached hydrogen (secondary N) is 1. The van der Waals surface area contributed by atoms with Gasteiger partial charge in [-0.1, -0.05) is 6.07 Å². The maximum absolute atomic E-state index is 13.4. The fraction of sp³-hybridized carbons (Fsp3) is 0.222. The van der Waals surface area contributed by atoms with Gasteiger partial charge >= 0.3 is 11.7 Å². The van der Waals surface area contributed by atoms with Crippen molar-refractivity contribution in [3.8, 4) is 11.5 Å². The highest BCUT2D eigenvalue weighted by atomic mass is 19.1. The Bertz CT molecular complexity index is 895. The number of hydrogen-bond acceptors (Lipinski definition) is 7. The molecule has 0 aliphatic rings. The second kappa shape index (κ2) is 8.80. The number of carbonyl (C=O) groups excluding carboxylic acids is 2. The number of nitro benzene ring substituents is 1. The molecule has 10 heteroatoms. The lowest BCUT2D eigenvalue weighted by Crippen LogP contribution is -2.30. The topological polar surface area (TPSA) is 117 Å². The highest BCUT2D eigenvalue weighted by molar-refractivity contribution is 5.99. The average molecular weight is 392 g/mol. The molecule has 0 heterocycles. The van der Waals surface area contributed by atoms with Crippen LogP contribution < -0.4 is 14.8 Å². The predicted octanol–water partition coefficient (Wildman–Crippen LogP) is 2.94. The Morgan fingerprint density at radius 3 is 2.29 bits per heavy atom. The second-order valence-electron chi connectivity index (χ2n) is 5.50. The van der Waals surface area contributed by atoms with Crippen molar-refractivity contribution < 1.29 is 33.1 Å². The SMILES string of the molecule is COc1cccc(OC)c1C(=O)O[C@H](C)C(=O)Nc1ccc(F)c([N+](=O)[O-])c1. The molecule has 2 aromatic rings. The monoisotopic (exact) mass is 392 g/mol. The van der Waals surface area contributed by atoms with Gasteiger partial charge in [0.05, 0.1) is 19.1 Å². The van der Waals surface area contributed by atoms with Crippen molar-refractivity contribution in [2.45, 2.75) is 13.0 Å². The summed E-state index contributed by atoms with van der Waals surface area (Å²) in [5.41, 5.74) is -0.804. The molecule has 2 rings (SSSR count). The number of carbonyl (C=O) groups is 2. The summed E-state index contributed by atoms with van der Waals surface area (Å²) in [6.07, 6.45) is -1.26. The molecule has 0 unspecified atom stereocenters. The molecule has 0 radical (unpaired) electrons. The number of methoxy groups -OCH3 is 2. The number of esters is 1. The number of halogens is 1. The first kappa shape index (κ1) is 20.6. The fourth-order valence-corrected chi connectivity index (χ4v) is 2.30. The third kappa shape index (κ3) is 4.53. The molecule has 0 bridgehead atoms. The van der Waals surface area contributed by atoms with Gasteiger partial charge in [-0.05, 0) is 31.2 Å². The molecule has 0 saturated carbocycles. The number of nitro groups is 1. The van der Waals surface area contributed by atoms with E-state index in [9.17, 15) is 24.1 Å². The standard InChI is InChI=1S/C18H17FN2O7/c1-10(17(22)20-11-7-8-12(19)13(9-11)21(24)25)28-18(23)16-14(26-2)5-4-6-15(16)27-3/h4-10H,1-3H3,(H,20,22)/t10-/m1/s1. The molecule has 9 nitrogen and oxygen atoms in total. The summed E-state index contributed by atoms with van der Waals surface area (Å²) in [7, 11) is 2.73. The van der Waals surface area contributed by atoms with E-state index in [-0.39, 0.29) is 22.7 Å². The molecule has 0 aromatic heterocycles. The number of benzene rings is 2. The predicted molar refractivity (Wildman–Crippen MR) is 96.1 cm³/mol. The summed E-state index contributed by atoms with van der Waals surface area (Å²) >= 11 is 0. The zero-order chi connectivity index (χ0) is 20.8. The lowest BCUT2D eigenvalue weighted by Gasteiger charge is -2.16. The van der Waals surface area contributed by atoms with Gasteiger partial charge in [0.15, 0.2) is 6.10 Å². The van der Waals surface area contributed by atoms with E-state index in [1.54, 1.807) is 6.07 Å². The minimum absolute atomic E-state index is 0.00423. The van der Waals surface area contributed by atoms with Gasteiger partial charge in [0, 0.05) is 11.8 Å². The second-order valence-corrected chi connectivity index (χ2v) is 5.50. The average Bonchev–Trinajstić information content (AvgIpc) is 2.68. The van der Waals surface area contributed by atoms with E-state index in [1.807, 2.05) is 0 Å². The van der Waals surface area contributed by atoms with Crippen molar-refractivity contribution in [1.29, 1.82) is 0 Å². The summed E-state index contributed by atoms with van der Waals surface area (Å²) in [6, 6.07) is 7.54. The first-order chi connectivity index (χ1) is 13.3. The largest absolute Gasteiger partial charge is 0.496 e. The van der Waals surface area contributed by atoms with Crippen LogP contribution in [0.2, 0.25) is 0 Å². The van der Waals surface area contributed by atoms with Crippen LogP contribution in [0.1, 0.15) is 17.3 Å². The molecule has 2 aromatic carbocycles. The maximum Gasteiger partial charge on any atom is 0.346 e. The van der Waals surface area contributed by atoms with Gasteiger partial charge < -0.3 is 19.5 Å². The zero-order valence-corrected chi connectivity index (χ0v) is 15.2. The highest BCUT2D eigenvalue weighted by Crippen LogP contribution is 2.29. The van der Waals surface area contributed by atoms with Crippen LogP contribution in [0.15, 0.2) is 36.4 Å². The Balaban J connectivity index is 2.14. The summed E-state index contributed by atoms with van der Waals surface area (Å²) in [5.74, 6) is -2.26. The molecular formula is C18H17FN2O7. The molecule has 1 amide bonds. The van der Waals surface area contributed by atoms with Gasteiger partial charge in [-0.3, -0.25) is 14.9 Å². The van der Waals surface area contributed by atoms with E-state index in [4.69, 9.17) is 14.2 Å². The van der Waals surface area contributed by atoms with Crippen LogP contribution in [0.5, 0.6) is 11.5 Å². The van der Waals surface area contributed by atoms with Gasteiger partial charge in [-0.2, -0.15) is 4.39 Å². The van der Waals surface area contributed by atoms with Crippen LogP contribution in [0.3, 0.4) is 0 Å². The molecule has 1 N–H and O–H groups in total. The maximum atomic E-state index is 13.4. The highest BCUT2D eigenvalue weighted by Gasteiger charge is 2.25. The van der Waals surface area contributed by atoms with Crippen LogP contribution >= 0.6 is 0 Å². The molecule has 0 fully saturated rings. The molecule has 1 atom stereocenters. The third-order valence-electron chi connectivity index (χ3n) is 3.70. The van der Waals surface area contributed by atoms with Gasteiger partial charge in [0.2, 0.25) is 5.82 Å². The Morgan fingerprint density at radius 2 is 1.75 bits per heavy atom. The lowest BCUT2D eigenvalue weighted by molar-refractivity contribution is -0.387. The van der Waals surface area contributed by atoms with E-state index >= 15 is 0 Å². The Hall–Kier alpha value is -3.69. The molecule has 0 saturated heterocycles. The first-order valence-corrected chi connectivity index (χ1v) is 7.95. The molecular weight excluding hydrogens is 375 g/mol. The molecule has 28 heavy (non-hydrogen) atoms. The van der Waals surface area contributed by atoms with Gasteiger partial charge in [0.1, 0.15) is 17.1 Å². The smallest absolute Gasteiger partial charge is 0.346 e. The van der Waals surface area contributed by atoms with E-state index in [0.717, 1.165) is 18.2 Å². The number of rotatable bonds is 7. The van der Waals surface area contributed by atoms with Crippen LogP contribution in [0.4, 0.5) is 15.8 Å². The summed E-state index contributed by atoms with van der Waals surface area (Å²) < 4.78 is 28.7. The van der Waals surface area contributed by atoms with Crippen LogP contribution in [-0.4, -0.2) is 37.1 Å². The summed E-state index contributed by atoms with van der Waals surface area (Å²) in [4.78, 5) is 34.6. The van der Waals surface area contributed by atoms with Crippen molar-refractivity contribution >= 4 is 23.3 Å². The fourth-order valence-electron chi connectivity index (χ4n) is 2.30. The number of nitrogens with zero attached hydrogens (tertiary/aromatic N) is 1.